The molecule has 0 radical (unpaired) electrons. The van der Waals surface area contributed by atoms with Crippen molar-refractivity contribution in [3.8, 4) is 5.75 Å². The minimum Gasteiger partial charge on any atom is -0.496 e. The van der Waals surface area contributed by atoms with Crippen LogP contribution >= 0.6 is 11.6 Å². The van der Waals surface area contributed by atoms with Crippen molar-refractivity contribution >= 4 is 23.6 Å². The van der Waals surface area contributed by atoms with Crippen LogP contribution < -0.4 is 4.74 Å². The number of amides is 2. The zero-order valence-electron chi connectivity index (χ0n) is 13.6. The Hall–Kier alpha value is -1.95. The minimum atomic E-state index is -0.337. The fraction of sp³-hybridized carbons (Fsp3) is 0.500. The monoisotopic (exact) mass is 340 g/mol. The highest BCUT2D eigenvalue weighted by atomic mass is 35.5. The lowest BCUT2D eigenvalue weighted by Crippen LogP contribution is -2.50. The third-order valence-electron chi connectivity index (χ3n) is 3.80. The van der Waals surface area contributed by atoms with Gasteiger partial charge in [-0.3, -0.25) is 4.79 Å². The summed E-state index contributed by atoms with van der Waals surface area (Å²) in [4.78, 5) is 27.7. The minimum absolute atomic E-state index is 0.146. The lowest BCUT2D eigenvalue weighted by molar-refractivity contribution is 0.0568. The quantitative estimate of drug-likeness (QED) is 0.848. The molecular weight excluding hydrogens is 320 g/mol. The third kappa shape index (κ3) is 3.88. The first-order valence-electron chi connectivity index (χ1n) is 7.53. The van der Waals surface area contributed by atoms with E-state index >= 15 is 0 Å². The van der Waals surface area contributed by atoms with Crippen molar-refractivity contribution in [2.45, 2.75) is 13.8 Å². The Morgan fingerprint density at radius 1 is 1.17 bits per heavy atom. The van der Waals surface area contributed by atoms with E-state index in [-0.39, 0.29) is 12.0 Å². The van der Waals surface area contributed by atoms with E-state index in [0.717, 1.165) is 5.56 Å². The number of hydrogen-bond acceptors (Lipinski definition) is 4. The molecule has 7 heteroatoms. The van der Waals surface area contributed by atoms with Crippen LogP contribution in [0.1, 0.15) is 22.8 Å². The maximum absolute atomic E-state index is 12.7. The van der Waals surface area contributed by atoms with Gasteiger partial charge in [-0.1, -0.05) is 11.6 Å². The number of nitrogens with zero attached hydrogens (tertiary/aromatic N) is 2. The number of rotatable bonds is 3. The van der Waals surface area contributed by atoms with Gasteiger partial charge in [0.15, 0.2) is 0 Å². The summed E-state index contributed by atoms with van der Waals surface area (Å²) in [7, 11) is 1.53. The van der Waals surface area contributed by atoms with Crippen LogP contribution in [-0.4, -0.2) is 61.7 Å². The first-order valence-corrected chi connectivity index (χ1v) is 7.90. The number of halogens is 1. The van der Waals surface area contributed by atoms with E-state index < -0.39 is 0 Å². The maximum atomic E-state index is 12.7. The van der Waals surface area contributed by atoms with Crippen LogP contribution in [0.3, 0.4) is 0 Å². The molecule has 1 aromatic rings. The summed E-state index contributed by atoms with van der Waals surface area (Å²) in [5, 5.41) is 0.527. The number of benzene rings is 1. The molecule has 1 aliphatic rings. The van der Waals surface area contributed by atoms with Crippen LogP contribution in [0.15, 0.2) is 12.1 Å². The summed E-state index contributed by atoms with van der Waals surface area (Å²) in [6.07, 6.45) is -0.337. The summed E-state index contributed by atoms with van der Waals surface area (Å²) >= 11 is 6.13. The zero-order chi connectivity index (χ0) is 17.0. The molecule has 1 heterocycles. The Kier molecular flexibility index (Phi) is 5.71. The molecule has 2 amide bonds. The van der Waals surface area contributed by atoms with Gasteiger partial charge in [-0.2, -0.15) is 0 Å². The van der Waals surface area contributed by atoms with E-state index in [1.54, 1.807) is 28.9 Å². The summed E-state index contributed by atoms with van der Waals surface area (Å²) in [6.45, 7) is 5.77. The number of ether oxygens (including phenoxy) is 2. The van der Waals surface area contributed by atoms with Crippen LogP contribution in [0.5, 0.6) is 5.75 Å². The molecule has 1 saturated heterocycles. The van der Waals surface area contributed by atoms with Gasteiger partial charge in [0.2, 0.25) is 0 Å². The molecule has 2 rings (SSSR count). The number of methoxy groups -OCH3 is 1. The van der Waals surface area contributed by atoms with E-state index in [1.165, 1.54) is 7.11 Å². The summed E-state index contributed by atoms with van der Waals surface area (Å²) < 4.78 is 10.3. The maximum Gasteiger partial charge on any atom is 0.409 e. The van der Waals surface area contributed by atoms with E-state index in [4.69, 9.17) is 21.1 Å². The van der Waals surface area contributed by atoms with Crippen LogP contribution in [0, 0.1) is 6.92 Å². The fourth-order valence-electron chi connectivity index (χ4n) is 2.47. The lowest BCUT2D eigenvalue weighted by atomic mass is 10.1. The highest BCUT2D eigenvalue weighted by Gasteiger charge is 2.27. The Labute approximate surface area is 140 Å². The molecule has 126 valence electrons. The largest absolute Gasteiger partial charge is 0.496 e. The molecule has 1 aliphatic heterocycles. The smallest absolute Gasteiger partial charge is 0.409 e. The second-order valence-corrected chi connectivity index (χ2v) is 5.69. The van der Waals surface area contributed by atoms with Crippen LogP contribution in [0.25, 0.3) is 0 Å². The zero-order valence-corrected chi connectivity index (χ0v) is 14.4. The first-order chi connectivity index (χ1) is 11.0. The highest BCUT2D eigenvalue weighted by molar-refractivity contribution is 6.31. The van der Waals surface area contributed by atoms with E-state index in [2.05, 4.69) is 0 Å². The van der Waals surface area contributed by atoms with Gasteiger partial charge in [-0.25, -0.2) is 4.79 Å². The highest BCUT2D eigenvalue weighted by Crippen LogP contribution is 2.28. The molecule has 1 aromatic carbocycles. The SMILES string of the molecule is CCOC(=O)N1CCN(C(=O)c2cc(Cl)c(C)cc2OC)CC1. The first kappa shape index (κ1) is 17.4. The van der Waals surface area contributed by atoms with Crippen molar-refractivity contribution in [3.05, 3.63) is 28.3 Å². The van der Waals surface area contributed by atoms with Gasteiger partial charge in [0, 0.05) is 31.2 Å². The number of aryl methyl sites for hydroxylation is 1. The van der Waals surface area contributed by atoms with Crippen LogP contribution in [-0.2, 0) is 4.74 Å². The van der Waals surface area contributed by atoms with Gasteiger partial charge < -0.3 is 19.3 Å². The average molecular weight is 341 g/mol. The molecule has 0 saturated carbocycles. The van der Waals surface area contributed by atoms with Gasteiger partial charge >= 0.3 is 6.09 Å². The number of carbonyl (C=O) groups is 2. The molecular formula is C16H21ClN2O4. The third-order valence-corrected chi connectivity index (χ3v) is 4.21. The van der Waals surface area contributed by atoms with Crippen LogP contribution in [0.2, 0.25) is 5.02 Å². The predicted molar refractivity (Wildman–Crippen MR) is 87.2 cm³/mol. The number of carbonyl (C=O) groups excluding carboxylic acids is 2. The topological polar surface area (TPSA) is 59.1 Å². The lowest BCUT2D eigenvalue weighted by Gasteiger charge is -2.34. The Balaban J connectivity index is 2.08. The molecule has 0 N–H and O–H groups in total. The summed E-state index contributed by atoms with van der Waals surface area (Å²) in [6, 6.07) is 3.39. The molecule has 0 atom stereocenters. The van der Waals surface area contributed by atoms with Gasteiger partial charge in [-0.15, -0.1) is 0 Å². The van der Waals surface area contributed by atoms with Crippen molar-refractivity contribution in [1.29, 1.82) is 0 Å². The molecule has 0 unspecified atom stereocenters. The molecule has 0 aromatic heterocycles. The van der Waals surface area contributed by atoms with Crippen molar-refractivity contribution in [1.82, 2.24) is 9.80 Å². The second kappa shape index (κ2) is 7.55. The van der Waals surface area contributed by atoms with Crippen molar-refractivity contribution in [2.75, 3.05) is 39.9 Å². The van der Waals surface area contributed by atoms with Crippen molar-refractivity contribution < 1.29 is 19.1 Å². The molecule has 1 fully saturated rings. The average Bonchev–Trinajstić information content (AvgIpc) is 2.56. The standard InChI is InChI=1S/C16H21ClN2O4/c1-4-23-16(21)19-7-5-18(6-8-19)15(20)12-10-13(17)11(2)9-14(12)22-3/h9-10H,4-8H2,1-3H3. The molecule has 23 heavy (non-hydrogen) atoms. The second-order valence-electron chi connectivity index (χ2n) is 5.28. The Morgan fingerprint density at radius 2 is 1.78 bits per heavy atom. The molecule has 6 nitrogen and oxygen atoms in total. The fourth-order valence-corrected chi connectivity index (χ4v) is 2.63. The van der Waals surface area contributed by atoms with Gasteiger partial charge in [-0.05, 0) is 31.5 Å². The van der Waals surface area contributed by atoms with E-state index in [0.29, 0.717) is 49.1 Å². The van der Waals surface area contributed by atoms with E-state index in [1.807, 2.05) is 6.92 Å². The Morgan fingerprint density at radius 3 is 2.35 bits per heavy atom. The Bertz CT molecular complexity index is 598. The molecule has 0 bridgehead atoms. The molecule has 0 spiro atoms. The summed E-state index contributed by atoms with van der Waals surface area (Å²) in [5.41, 5.74) is 1.29. The predicted octanol–water partition coefficient (Wildman–Crippen LogP) is 2.57. The van der Waals surface area contributed by atoms with Crippen molar-refractivity contribution in [2.24, 2.45) is 0 Å². The molecule has 0 aliphatic carbocycles. The van der Waals surface area contributed by atoms with E-state index in [9.17, 15) is 9.59 Å². The van der Waals surface area contributed by atoms with Gasteiger partial charge in [0.25, 0.3) is 5.91 Å². The van der Waals surface area contributed by atoms with Crippen molar-refractivity contribution in [3.63, 3.8) is 0 Å². The van der Waals surface area contributed by atoms with Crippen LogP contribution in [0.4, 0.5) is 4.79 Å². The normalized spacial score (nSPS) is 14.6. The van der Waals surface area contributed by atoms with Gasteiger partial charge in [0.05, 0.1) is 19.3 Å². The number of piperazine rings is 1. The summed E-state index contributed by atoms with van der Waals surface area (Å²) in [5.74, 6) is 0.358. The van der Waals surface area contributed by atoms with Gasteiger partial charge in [0.1, 0.15) is 5.75 Å². The number of hydrogen-bond donors (Lipinski definition) is 0.